The molecule has 1 aliphatic rings. The second-order valence-corrected chi connectivity index (χ2v) is 3.55. The maximum Gasteiger partial charge on any atom is 0.317 e. The smallest absolute Gasteiger partial charge is 0.317 e. The average molecular weight is 212 g/mol. The molecule has 0 aromatic heterocycles. The predicted molar refractivity (Wildman–Crippen MR) is 55.5 cm³/mol. The number of hydrogen-bond donors (Lipinski definition) is 1. The van der Waals surface area contributed by atoms with Gasteiger partial charge in [0, 0.05) is 26.2 Å². The quantitative estimate of drug-likeness (QED) is 0.658. The molecule has 0 bridgehead atoms. The summed E-state index contributed by atoms with van der Waals surface area (Å²) in [4.78, 5) is 25.4. The Bertz CT molecular complexity index is 265. The Morgan fingerprint density at radius 1 is 1.27 bits per heavy atom. The van der Waals surface area contributed by atoms with Crippen LogP contribution in [0.5, 0.6) is 0 Å². The molecule has 0 aromatic rings. The van der Waals surface area contributed by atoms with E-state index >= 15 is 0 Å². The Morgan fingerprint density at radius 3 is 2.60 bits per heavy atom. The molecular weight excluding hydrogens is 196 g/mol. The van der Waals surface area contributed by atoms with Crippen LogP contribution in [-0.4, -0.2) is 59.5 Å². The minimum absolute atomic E-state index is 0.0517. The summed E-state index contributed by atoms with van der Waals surface area (Å²) in [6.07, 6.45) is 2.11. The van der Waals surface area contributed by atoms with Crippen LogP contribution < -0.4 is 0 Å². The fourth-order valence-electron chi connectivity index (χ4n) is 1.67. The van der Waals surface area contributed by atoms with Crippen LogP contribution in [0.3, 0.4) is 0 Å². The lowest BCUT2D eigenvalue weighted by Gasteiger charge is -2.19. The van der Waals surface area contributed by atoms with Gasteiger partial charge in [0.2, 0.25) is 5.91 Å². The van der Waals surface area contributed by atoms with Crippen LogP contribution in [-0.2, 0) is 9.59 Å². The highest BCUT2D eigenvalue weighted by Gasteiger charge is 2.18. The molecule has 1 saturated heterocycles. The zero-order valence-electron chi connectivity index (χ0n) is 8.69. The van der Waals surface area contributed by atoms with Gasteiger partial charge < -0.3 is 10.0 Å². The Morgan fingerprint density at radius 2 is 2.00 bits per heavy atom. The minimum atomic E-state index is -0.821. The molecule has 0 unspecified atom stereocenters. The van der Waals surface area contributed by atoms with Crippen LogP contribution in [0.2, 0.25) is 0 Å². The fourth-order valence-corrected chi connectivity index (χ4v) is 1.67. The molecule has 0 aromatic carbocycles. The van der Waals surface area contributed by atoms with Gasteiger partial charge in [0.1, 0.15) is 0 Å². The highest BCUT2D eigenvalue weighted by atomic mass is 16.4. The summed E-state index contributed by atoms with van der Waals surface area (Å²) in [7, 11) is 0. The molecular formula is C10H16N2O3. The fraction of sp³-hybridized carbons (Fsp3) is 0.600. The first-order chi connectivity index (χ1) is 7.13. The number of carboxylic acid groups (broad SMARTS) is 1. The van der Waals surface area contributed by atoms with E-state index in [1.54, 1.807) is 4.90 Å². The van der Waals surface area contributed by atoms with E-state index in [4.69, 9.17) is 5.11 Å². The van der Waals surface area contributed by atoms with E-state index < -0.39 is 5.97 Å². The molecule has 0 atom stereocenters. The topological polar surface area (TPSA) is 60.9 Å². The van der Waals surface area contributed by atoms with Crippen molar-refractivity contribution in [2.45, 2.75) is 6.42 Å². The average Bonchev–Trinajstić information content (AvgIpc) is 2.41. The van der Waals surface area contributed by atoms with Crippen LogP contribution in [0.1, 0.15) is 6.42 Å². The molecule has 5 heteroatoms. The lowest BCUT2D eigenvalue weighted by Crippen LogP contribution is -2.35. The van der Waals surface area contributed by atoms with Crippen LogP contribution in [0.4, 0.5) is 0 Å². The van der Waals surface area contributed by atoms with Gasteiger partial charge >= 0.3 is 5.97 Å². The second-order valence-electron chi connectivity index (χ2n) is 3.55. The first kappa shape index (κ1) is 11.7. The van der Waals surface area contributed by atoms with Gasteiger partial charge in [-0.15, -0.1) is 0 Å². The number of carbonyl (C=O) groups excluding carboxylic acids is 1. The molecule has 84 valence electrons. The van der Waals surface area contributed by atoms with Gasteiger partial charge in [-0.05, 0) is 12.5 Å². The number of hydrogen-bond acceptors (Lipinski definition) is 3. The standard InChI is InChI=1S/C10H16N2O3/c1-2-9(13)12-5-3-4-11(6-7-12)8-10(14)15/h2H,1,3-8H2,(H,14,15). The van der Waals surface area contributed by atoms with Gasteiger partial charge in [0.15, 0.2) is 0 Å². The van der Waals surface area contributed by atoms with E-state index in [2.05, 4.69) is 6.58 Å². The molecule has 1 aliphatic heterocycles. The van der Waals surface area contributed by atoms with Crippen molar-refractivity contribution in [3.05, 3.63) is 12.7 Å². The summed E-state index contributed by atoms with van der Waals surface area (Å²) in [6.45, 7) is 6.10. The molecule has 5 nitrogen and oxygen atoms in total. The van der Waals surface area contributed by atoms with Crippen molar-refractivity contribution in [3.8, 4) is 0 Å². The molecule has 0 saturated carbocycles. The third-order valence-corrected chi connectivity index (χ3v) is 2.43. The number of amides is 1. The Balaban J connectivity index is 2.44. The summed E-state index contributed by atoms with van der Waals surface area (Å²) in [6, 6.07) is 0. The SMILES string of the molecule is C=CC(=O)N1CCCN(CC(=O)O)CC1. The molecule has 1 amide bonds. The van der Waals surface area contributed by atoms with Crippen molar-refractivity contribution in [1.29, 1.82) is 0 Å². The zero-order chi connectivity index (χ0) is 11.3. The summed E-state index contributed by atoms with van der Waals surface area (Å²) in [5.74, 6) is -0.898. The van der Waals surface area contributed by atoms with Crippen molar-refractivity contribution in [2.75, 3.05) is 32.7 Å². The van der Waals surface area contributed by atoms with Gasteiger partial charge in [0.05, 0.1) is 6.54 Å². The molecule has 1 heterocycles. The van der Waals surface area contributed by atoms with Gasteiger partial charge in [-0.1, -0.05) is 6.58 Å². The van der Waals surface area contributed by atoms with E-state index in [0.29, 0.717) is 19.6 Å². The van der Waals surface area contributed by atoms with Crippen molar-refractivity contribution >= 4 is 11.9 Å². The van der Waals surface area contributed by atoms with Crippen molar-refractivity contribution < 1.29 is 14.7 Å². The van der Waals surface area contributed by atoms with Crippen LogP contribution in [0.25, 0.3) is 0 Å². The van der Waals surface area contributed by atoms with Crippen LogP contribution >= 0.6 is 0 Å². The van der Waals surface area contributed by atoms with Gasteiger partial charge in [-0.25, -0.2) is 0 Å². The maximum atomic E-state index is 11.3. The first-order valence-corrected chi connectivity index (χ1v) is 4.99. The third-order valence-electron chi connectivity index (χ3n) is 2.43. The monoisotopic (exact) mass is 212 g/mol. The lowest BCUT2D eigenvalue weighted by atomic mass is 10.3. The van der Waals surface area contributed by atoms with Crippen molar-refractivity contribution in [2.24, 2.45) is 0 Å². The molecule has 0 spiro atoms. The van der Waals surface area contributed by atoms with E-state index in [1.807, 2.05) is 4.90 Å². The predicted octanol–water partition coefficient (Wildman–Crippen LogP) is -0.209. The van der Waals surface area contributed by atoms with Gasteiger partial charge in [0.25, 0.3) is 0 Å². The Hall–Kier alpha value is -1.36. The van der Waals surface area contributed by atoms with E-state index in [0.717, 1.165) is 13.0 Å². The Kier molecular flexibility index (Phi) is 4.30. The number of rotatable bonds is 3. The van der Waals surface area contributed by atoms with Crippen molar-refractivity contribution in [3.63, 3.8) is 0 Å². The number of carboxylic acids is 1. The molecule has 0 radical (unpaired) electrons. The summed E-state index contributed by atoms with van der Waals surface area (Å²) in [5.41, 5.74) is 0. The molecule has 1 N–H and O–H groups in total. The molecule has 15 heavy (non-hydrogen) atoms. The van der Waals surface area contributed by atoms with Crippen molar-refractivity contribution in [1.82, 2.24) is 9.80 Å². The highest BCUT2D eigenvalue weighted by Crippen LogP contribution is 2.03. The second kappa shape index (κ2) is 5.50. The largest absolute Gasteiger partial charge is 0.480 e. The third kappa shape index (κ3) is 3.71. The van der Waals surface area contributed by atoms with E-state index in [9.17, 15) is 9.59 Å². The van der Waals surface area contributed by atoms with Gasteiger partial charge in [-0.2, -0.15) is 0 Å². The van der Waals surface area contributed by atoms with E-state index in [1.165, 1.54) is 6.08 Å². The zero-order valence-corrected chi connectivity index (χ0v) is 8.69. The summed E-state index contributed by atoms with van der Waals surface area (Å²) in [5, 5.41) is 8.64. The normalized spacial score (nSPS) is 18.3. The number of nitrogens with zero attached hydrogens (tertiary/aromatic N) is 2. The van der Waals surface area contributed by atoms with Crippen LogP contribution in [0, 0.1) is 0 Å². The van der Waals surface area contributed by atoms with Crippen LogP contribution in [0.15, 0.2) is 12.7 Å². The molecule has 1 rings (SSSR count). The minimum Gasteiger partial charge on any atom is -0.480 e. The molecule has 0 aliphatic carbocycles. The maximum absolute atomic E-state index is 11.3. The molecule has 1 fully saturated rings. The number of carbonyl (C=O) groups is 2. The van der Waals surface area contributed by atoms with Gasteiger partial charge in [-0.3, -0.25) is 14.5 Å². The summed E-state index contributed by atoms with van der Waals surface area (Å²) < 4.78 is 0. The highest BCUT2D eigenvalue weighted by molar-refractivity contribution is 5.87. The first-order valence-electron chi connectivity index (χ1n) is 4.99. The number of aliphatic carboxylic acids is 1. The summed E-state index contributed by atoms with van der Waals surface area (Å²) >= 11 is 0. The lowest BCUT2D eigenvalue weighted by molar-refractivity contribution is -0.138. The van der Waals surface area contributed by atoms with E-state index in [-0.39, 0.29) is 12.5 Å². The Labute approximate surface area is 89.0 Å².